The maximum absolute atomic E-state index is 13.9. The monoisotopic (exact) mass is 637 g/mol. The lowest BCUT2D eigenvalue weighted by atomic mass is 9.99. The molecule has 2 aromatic carbocycles. The first-order valence-electron chi connectivity index (χ1n) is 16.1. The lowest BCUT2D eigenvalue weighted by molar-refractivity contribution is 0.0700. The van der Waals surface area contributed by atoms with E-state index < -0.39 is 0 Å². The molecule has 0 spiro atoms. The number of ether oxygens (including phenoxy) is 1. The number of methoxy groups -OCH3 is 1. The van der Waals surface area contributed by atoms with Gasteiger partial charge in [0.2, 0.25) is 0 Å². The zero-order valence-electron chi connectivity index (χ0n) is 25.9. The summed E-state index contributed by atoms with van der Waals surface area (Å²) >= 11 is 6.38. The molecule has 236 valence electrons. The van der Waals surface area contributed by atoms with E-state index >= 15 is 0 Å². The second-order valence-corrected chi connectivity index (χ2v) is 13.8. The molecule has 4 fully saturated rings. The van der Waals surface area contributed by atoms with Crippen LogP contribution < -0.4 is 20.7 Å². The van der Waals surface area contributed by atoms with Crippen molar-refractivity contribution in [1.82, 2.24) is 34.3 Å². The van der Waals surface area contributed by atoms with Gasteiger partial charge in [-0.1, -0.05) is 11.6 Å². The lowest BCUT2D eigenvalue weighted by Gasteiger charge is -2.40. The van der Waals surface area contributed by atoms with Crippen LogP contribution in [-0.2, 0) is 13.6 Å². The molecule has 1 saturated carbocycles. The van der Waals surface area contributed by atoms with Crippen LogP contribution in [-0.4, -0.2) is 80.3 Å². The zero-order chi connectivity index (χ0) is 31.3. The van der Waals surface area contributed by atoms with E-state index in [1.807, 2.05) is 47.5 Å². The Kier molecular flexibility index (Phi) is 6.35. The number of nitrogens with two attached hydrogens (primary N) is 1. The van der Waals surface area contributed by atoms with Gasteiger partial charge in [0.05, 0.1) is 24.4 Å². The van der Waals surface area contributed by atoms with Crippen molar-refractivity contribution in [3.8, 4) is 17.3 Å². The number of aryl methyl sites for hydroxylation is 1. The number of halogens is 1. The molecule has 12 heteroatoms. The summed E-state index contributed by atoms with van der Waals surface area (Å²) in [6.07, 6.45) is 3.91. The van der Waals surface area contributed by atoms with Crippen LogP contribution in [0.15, 0.2) is 48.7 Å². The van der Waals surface area contributed by atoms with Crippen molar-refractivity contribution < 1.29 is 9.53 Å². The third kappa shape index (κ3) is 4.39. The number of carbonyl (C=O) groups is 1. The van der Waals surface area contributed by atoms with Crippen LogP contribution in [0.1, 0.15) is 35.1 Å². The molecular formula is C34H36ClN9O2. The van der Waals surface area contributed by atoms with Gasteiger partial charge in [0.25, 0.3) is 5.91 Å². The average Bonchev–Trinajstić information content (AvgIpc) is 3.55. The zero-order valence-corrected chi connectivity index (χ0v) is 26.6. The number of amides is 1. The van der Waals surface area contributed by atoms with E-state index in [0.29, 0.717) is 34.7 Å². The van der Waals surface area contributed by atoms with E-state index in [-0.39, 0.29) is 24.0 Å². The van der Waals surface area contributed by atoms with Gasteiger partial charge in [-0.05, 0) is 61.2 Å². The largest absolute Gasteiger partial charge is 0.494 e. The minimum absolute atomic E-state index is 0.00144. The van der Waals surface area contributed by atoms with Crippen LogP contribution in [0.2, 0.25) is 5.02 Å². The molecule has 4 unspecified atom stereocenters. The minimum atomic E-state index is -0.00144. The minimum Gasteiger partial charge on any atom is -0.494 e. The number of aromatic nitrogens is 5. The molecule has 5 aromatic rings. The number of fused-ring (bicyclic) bond motifs is 4. The summed E-state index contributed by atoms with van der Waals surface area (Å²) in [6, 6.07) is 14.3. The lowest BCUT2D eigenvalue weighted by Crippen LogP contribution is -2.49. The van der Waals surface area contributed by atoms with Crippen molar-refractivity contribution in [3.05, 3.63) is 65.1 Å². The number of imidazole rings is 1. The van der Waals surface area contributed by atoms with Crippen molar-refractivity contribution in [2.75, 3.05) is 38.2 Å². The molecule has 1 amide bonds. The molecule has 2 bridgehead atoms. The molecule has 3 aromatic heterocycles. The molecule has 9 rings (SSSR count). The van der Waals surface area contributed by atoms with Gasteiger partial charge in [-0.25, -0.2) is 15.0 Å². The number of carbonyl (C=O) groups excluding carboxylic acids is 1. The Labute approximate surface area is 271 Å². The maximum atomic E-state index is 13.9. The molecule has 0 radical (unpaired) electrons. The summed E-state index contributed by atoms with van der Waals surface area (Å²) in [6.45, 7) is 4.13. The summed E-state index contributed by atoms with van der Waals surface area (Å²) in [5, 5.41) is 5.03. The Morgan fingerprint density at radius 1 is 1.11 bits per heavy atom. The molecule has 6 heterocycles. The predicted octanol–water partition coefficient (Wildman–Crippen LogP) is 3.99. The van der Waals surface area contributed by atoms with Gasteiger partial charge in [-0.15, -0.1) is 0 Å². The number of anilines is 1. The van der Waals surface area contributed by atoms with E-state index in [4.69, 9.17) is 32.0 Å². The van der Waals surface area contributed by atoms with Crippen LogP contribution in [0.3, 0.4) is 0 Å². The topological polar surface area (TPSA) is 129 Å². The molecule has 1 aliphatic carbocycles. The van der Waals surface area contributed by atoms with E-state index in [1.54, 1.807) is 7.11 Å². The number of likely N-dealkylation sites (tertiary alicyclic amines) is 1. The van der Waals surface area contributed by atoms with Gasteiger partial charge >= 0.3 is 0 Å². The number of hydrogen-bond donors (Lipinski definition) is 2. The van der Waals surface area contributed by atoms with Crippen LogP contribution >= 0.6 is 11.6 Å². The number of rotatable bonds is 7. The Balaban J connectivity index is 1.10. The maximum Gasteiger partial charge on any atom is 0.254 e. The quantitative estimate of drug-likeness (QED) is 0.256. The van der Waals surface area contributed by atoms with Crippen LogP contribution in [0, 0.1) is 11.8 Å². The fourth-order valence-corrected chi connectivity index (χ4v) is 8.13. The molecule has 11 nitrogen and oxygen atoms in total. The average molecular weight is 638 g/mol. The molecule has 4 atom stereocenters. The van der Waals surface area contributed by atoms with E-state index in [2.05, 4.69) is 37.4 Å². The highest BCUT2D eigenvalue weighted by atomic mass is 35.5. The van der Waals surface area contributed by atoms with E-state index in [9.17, 15) is 4.79 Å². The Bertz CT molecular complexity index is 2030. The van der Waals surface area contributed by atoms with Crippen molar-refractivity contribution in [1.29, 1.82) is 0 Å². The summed E-state index contributed by atoms with van der Waals surface area (Å²) < 4.78 is 10.4. The summed E-state index contributed by atoms with van der Waals surface area (Å²) in [4.78, 5) is 32.6. The second kappa shape index (κ2) is 10.4. The highest BCUT2D eigenvalue weighted by molar-refractivity contribution is 6.31. The van der Waals surface area contributed by atoms with Crippen molar-refractivity contribution in [3.63, 3.8) is 0 Å². The first-order chi connectivity index (χ1) is 22.4. The van der Waals surface area contributed by atoms with Crippen LogP contribution in [0.4, 0.5) is 5.82 Å². The molecule has 3 N–H and O–H groups in total. The van der Waals surface area contributed by atoms with Crippen LogP contribution in [0.5, 0.6) is 5.75 Å². The Morgan fingerprint density at radius 3 is 2.70 bits per heavy atom. The predicted molar refractivity (Wildman–Crippen MR) is 177 cm³/mol. The van der Waals surface area contributed by atoms with Crippen molar-refractivity contribution in [2.45, 2.75) is 37.5 Å². The number of nitrogens with zero attached hydrogens (tertiary/aromatic N) is 7. The van der Waals surface area contributed by atoms with Gasteiger partial charge in [-0.3, -0.25) is 4.79 Å². The summed E-state index contributed by atoms with van der Waals surface area (Å²) in [7, 11) is 3.72. The smallest absolute Gasteiger partial charge is 0.254 e. The summed E-state index contributed by atoms with van der Waals surface area (Å²) in [5.74, 6) is 4.04. The van der Waals surface area contributed by atoms with Crippen molar-refractivity contribution >= 4 is 45.3 Å². The standard InChI is InChI=1S/C34H36ClN9O2/c1-41-25-6-4-22(35)9-20(25)11-27(41)33-39-23-10-21(34(45)43-17-19-3-5-26(43)30(19)36)12-28(46-2)31(23)44(33)16-18-14-42(15-18)29-7-8-37-32(40-29)24-13-38-24/h4,6-12,18-19,24,26,30,38H,3,5,13-17,36H2,1-2H3. The molecule has 3 aliphatic heterocycles. The normalized spacial score (nSPS) is 23.9. The van der Waals surface area contributed by atoms with Gasteiger partial charge in [0.1, 0.15) is 22.9 Å². The van der Waals surface area contributed by atoms with Gasteiger partial charge in [-0.2, -0.15) is 0 Å². The van der Waals surface area contributed by atoms with E-state index in [1.165, 1.54) is 0 Å². The Morgan fingerprint density at radius 2 is 1.96 bits per heavy atom. The fraction of sp³-hybridized carbons (Fsp3) is 0.412. The van der Waals surface area contributed by atoms with Gasteiger partial charge in [0.15, 0.2) is 5.82 Å². The number of hydrogen-bond acceptors (Lipinski definition) is 8. The number of piperidine rings is 1. The first kappa shape index (κ1) is 28.1. The third-order valence-electron chi connectivity index (χ3n) is 10.5. The molecule has 4 aliphatic rings. The molecular weight excluding hydrogens is 602 g/mol. The molecule has 3 saturated heterocycles. The second-order valence-electron chi connectivity index (χ2n) is 13.3. The summed E-state index contributed by atoms with van der Waals surface area (Å²) in [5.41, 5.74) is 10.7. The van der Waals surface area contributed by atoms with Crippen LogP contribution in [0.25, 0.3) is 33.5 Å². The molecule has 46 heavy (non-hydrogen) atoms. The van der Waals surface area contributed by atoms with Gasteiger partial charge in [0, 0.05) is 85.5 Å². The SMILES string of the molecule is COc1cc(C(=O)N2CC3CCC2C3N)cc2nc(-c3cc4cc(Cl)ccc4n3C)n(CC3CN(c4ccnc(C5CN5)n4)C3)c12. The third-order valence-corrected chi connectivity index (χ3v) is 10.8. The van der Waals surface area contributed by atoms with Gasteiger partial charge < -0.3 is 34.7 Å². The van der Waals surface area contributed by atoms with Crippen molar-refractivity contribution in [2.24, 2.45) is 24.6 Å². The number of benzene rings is 2. The number of nitrogens with one attached hydrogen (secondary N) is 1. The Hall–Kier alpha value is -4.19. The van der Waals surface area contributed by atoms with E-state index in [0.717, 1.165) is 84.1 Å². The first-order valence-corrected chi connectivity index (χ1v) is 16.5. The highest BCUT2D eigenvalue weighted by Gasteiger charge is 2.47. The fourth-order valence-electron chi connectivity index (χ4n) is 7.95. The highest BCUT2D eigenvalue weighted by Crippen LogP contribution is 2.40.